The number of hydrogen-bond acceptors (Lipinski definition) is 6. The van der Waals surface area contributed by atoms with Gasteiger partial charge in [-0.25, -0.2) is 9.78 Å². The average Bonchev–Trinajstić information content (AvgIpc) is 2.98. The number of thiazole rings is 1. The van der Waals surface area contributed by atoms with E-state index in [2.05, 4.69) is 15.6 Å². The highest BCUT2D eigenvalue weighted by molar-refractivity contribution is 7.09. The van der Waals surface area contributed by atoms with Crippen molar-refractivity contribution in [1.29, 1.82) is 0 Å². The minimum atomic E-state index is -0.335. The minimum Gasteiger partial charge on any atom is -0.461 e. The van der Waals surface area contributed by atoms with Crippen molar-refractivity contribution in [2.75, 3.05) is 20.2 Å². The molecule has 1 fully saturated rings. The zero-order valence-electron chi connectivity index (χ0n) is 10.0. The van der Waals surface area contributed by atoms with Crippen molar-refractivity contribution in [3.8, 4) is 0 Å². The van der Waals surface area contributed by atoms with Crippen LogP contribution in [-0.2, 0) is 4.74 Å². The molecule has 1 aliphatic rings. The summed E-state index contributed by atoms with van der Waals surface area (Å²) < 4.78 is 4.92. The molecule has 0 aliphatic carbocycles. The third-order valence-electron chi connectivity index (χ3n) is 2.84. The topological polar surface area (TPSA) is 63.2 Å². The number of nitrogens with one attached hydrogen (secondary N) is 2. The van der Waals surface area contributed by atoms with E-state index in [9.17, 15) is 4.79 Å². The third-order valence-corrected chi connectivity index (χ3v) is 3.80. The minimum absolute atomic E-state index is 0.251. The zero-order valence-corrected chi connectivity index (χ0v) is 10.8. The molecule has 1 aromatic rings. The Hall–Kier alpha value is -0.980. The van der Waals surface area contributed by atoms with E-state index in [1.54, 1.807) is 12.3 Å². The van der Waals surface area contributed by atoms with Gasteiger partial charge in [-0.1, -0.05) is 0 Å². The van der Waals surface area contributed by atoms with Gasteiger partial charge in [0.25, 0.3) is 0 Å². The van der Waals surface area contributed by atoms with Crippen molar-refractivity contribution in [3.05, 3.63) is 16.1 Å². The molecule has 2 rings (SSSR count). The lowest BCUT2D eigenvalue weighted by Crippen LogP contribution is -2.26. The zero-order chi connectivity index (χ0) is 12.3. The molecule has 0 spiro atoms. The summed E-state index contributed by atoms with van der Waals surface area (Å²) in [4.78, 5) is 15.8. The first-order chi connectivity index (χ1) is 8.24. The molecule has 0 bridgehead atoms. The van der Waals surface area contributed by atoms with Crippen molar-refractivity contribution in [1.82, 2.24) is 15.6 Å². The molecular formula is C11H17N3O2S. The monoisotopic (exact) mass is 255 g/mol. The summed E-state index contributed by atoms with van der Waals surface area (Å²) in [5.41, 5.74) is 0.418. The molecule has 94 valence electrons. The standard InChI is InChI=1S/C11H17N3O2S/c1-3-16-11(15)9-6-17-10(14-9)8-4-7(12-2)5-13-8/h6-8,12-13H,3-5H2,1-2H3/t7-,8+/m1/s1. The van der Waals surface area contributed by atoms with Crippen LogP contribution in [0.5, 0.6) is 0 Å². The van der Waals surface area contributed by atoms with E-state index in [-0.39, 0.29) is 12.0 Å². The summed E-state index contributed by atoms with van der Waals surface area (Å²) in [6.45, 7) is 3.12. The first kappa shape index (κ1) is 12.5. The second kappa shape index (κ2) is 5.57. The Kier molecular flexibility index (Phi) is 4.09. The SMILES string of the molecule is CCOC(=O)c1csc([C@@H]2C[C@@H](NC)CN2)n1. The molecule has 2 heterocycles. The Labute approximate surface area is 105 Å². The Morgan fingerprint density at radius 3 is 3.24 bits per heavy atom. The van der Waals surface area contributed by atoms with Crippen molar-refractivity contribution >= 4 is 17.3 Å². The number of ether oxygens (including phenoxy) is 1. The highest BCUT2D eigenvalue weighted by Crippen LogP contribution is 2.26. The van der Waals surface area contributed by atoms with Gasteiger partial charge in [0.2, 0.25) is 0 Å². The Morgan fingerprint density at radius 1 is 1.76 bits per heavy atom. The second-order valence-corrected chi connectivity index (χ2v) is 4.86. The normalized spacial score (nSPS) is 23.9. The molecule has 1 aliphatic heterocycles. The van der Waals surface area contributed by atoms with E-state index in [4.69, 9.17) is 4.74 Å². The fourth-order valence-corrected chi connectivity index (χ4v) is 2.77. The average molecular weight is 255 g/mol. The molecule has 0 radical (unpaired) electrons. The molecule has 0 aromatic carbocycles. The number of hydrogen-bond donors (Lipinski definition) is 2. The number of rotatable bonds is 4. The number of carbonyl (C=O) groups is 1. The van der Waals surface area contributed by atoms with Crippen LogP contribution in [-0.4, -0.2) is 37.2 Å². The summed E-state index contributed by atoms with van der Waals surface area (Å²) >= 11 is 1.51. The van der Waals surface area contributed by atoms with E-state index < -0.39 is 0 Å². The van der Waals surface area contributed by atoms with Crippen LogP contribution >= 0.6 is 11.3 Å². The third kappa shape index (κ3) is 2.83. The van der Waals surface area contributed by atoms with Crippen molar-refractivity contribution in [2.24, 2.45) is 0 Å². The summed E-state index contributed by atoms with van der Waals surface area (Å²) in [6, 6.07) is 0.732. The summed E-state index contributed by atoms with van der Waals surface area (Å²) in [5, 5.41) is 9.36. The maximum atomic E-state index is 11.5. The number of esters is 1. The van der Waals surface area contributed by atoms with Gasteiger partial charge in [0.1, 0.15) is 5.01 Å². The lowest BCUT2D eigenvalue weighted by Gasteiger charge is -2.06. The Bertz CT molecular complexity index is 394. The van der Waals surface area contributed by atoms with E-state index >= 15 is 0 Å². The molecule has 2 N–H and O–H groups in total. The predicted octanol–water partition coefficient (Wildman–Crippen LogP) is 0.942. The van der Waals surface area contributed by atoms with Gasteiger partial charge in [-0.3, -0.25) is 0 Å². The van der Waals surface area contributed by atoms with Crippen molar-refractivity contribution in [2.45, 2.75) is 25.4 Å². The van der Waals surface area contributed by atoms with E-state index in [0.717, 1.165) is 18.0 Å². The first-order valence-electron chi connectivity index (χ1n) is 5.77. The lowest BCUT2D eigenvalue weighted by molar-refractivity contribution is 0.0520. The van der Waals surface area contributed by atoms with Gasteiger partial charge in [-0.2, -0.15) is 0 Å². The summed E-state index contributed by atoms with van der Waals surface area (Å²) in [6.07, 6.45) is 1.01. The van der Waals surface area contributed by atoms with Crippen LogP contribution in [0.15, 0.2) is 5.38 Å². The van der Waals surface area contributed by atoms with Crippen LogP contribution in [0.2, 0.25) is 0 Å². The van der Waals surface area contributed by atoms with E-state index in [0.29, 0.717) is 18.3 Å². The van der Waals surface area contributed by atoms with Crippen LogP contribution < -0.4 is 10.6 Å². The van der Waals surface area contributed by atoms with E-state index in [1.165, 1.54) is 11.3 Å². The van der Waals surface area contributed by atoms with Crippen LogP contribution in [0, 0.1) is 0 Å². The molecule has 2 atom stereocenters. The molecule has 0 amide bonds. The molecule has 17 heavy (non-hydrogen) atoms. The molecule has 5 nitrogen and oxygen atoms in total. The maximum absolute atomic E-state index is 11.5. The van der Waals surface area contributed by atoms with Gasteiger partial charge in [0.05, 0.1) is 12.6 Å². The molecule has 1 saturated heterocycles. The quantitative estimate of drug-likeness (QED) is 0.784. The predicted molar refractivity (Wildman–Crippen MR) is 66.3 cm³/mol. The smallest absolute Gasteiger partial charge is 0.357 e. The Balaban J connectivity index is 2.01. The fraction of sp³-hybridized carbons (Fsp3) is 0.636. The number of likely N-dealkylation sites (N-methyl/N-ethyl adjacent to an activating group) is 1. The van der Waals surface area contributed by atoms with Gasteiger partial charge in [0, 0.05) is 18.0 Å². The lowest BCUT2D eigenvalue weighted by atomic mass is 10.2. The fourth-order valence-electron chi connectivity index (χ4n) is 1.89. The van der Waals surface area contributed by atoms with Gasteiger partial charge in [0.15, 0.2) is 5.69 Å². The van der Waals surface area contributed by atoms with Gasteiger partial charge in [-0.15, -0.1) is 11.3 Å². The van der Waals surface area contributed by atoms with Crippen molar-refractivity contribution < 1.29 is 9.53 Å². The maximum Gasteiger partial charge on any atom is 0.357 e. The van der Waals surface area contributed by atoms with Gasteiger partial charge >= 0.3 is 5.97 Å². The van der Waals surface area contributed by atoms with Crippen LogP contribution in [0.4, 0.5) is 0 Å². The van der Waals surface area contributed by atoms with E-state index in [1.807, 2.05) is 7.05 Å². The van der Waals surface area contributed by atoms with Crippen molar-refractivity contribution in [3.63, 3.8) is 0 Å². The highest BCUT2D eigenvalue weighted by Gasteiger charge is 2.27. The Morgan fingerprint density at radius 2 is 2.59 bits per heavy atom. The largest absolute Gasteiger partial charge is 0.461 e. The van der Waals surface area contributed by atoms with Crippen LogP contribution in [0.25, 0.3) is 0 Å². The molecule has 6 heteroatoms. The number of aromatic nitrogens is 1. The summed E-state index contributed by atoms with van der Waals surface area (Å²) in [7, 11) is 1.96. The molecule has 1 aromatic heterocycles. The van der Waals surface area contributed by atoms with Crippen LogP contribution in [0.3, 0.4) is 0 Å². The van der Waals surface area contributed by atoms with Crippen LogP contribution in [0.1, 0.15) is 34.9 Å². The van der Waals surface area contributed by atoms with Gasteiger partial charge in [-0.05, 0) is 20.4 Å². The van der Waals surface area contributed by atoms with Gasteiger partial charge < -0.3 is 15.4 Å². The number of carbonyl (C=O) groups excluding carboxylic acids is 1. The summed E-state index contributed by atoms with van der Waals surface area (Å²) in [5.74, 6) is -0.335. The molecular weight excluding hydrogens is 238 g/mol. The molecule has 0 saturated carbocycles. The second-order valence-electron chi connectivity index (χ2n) is 3.97. The first-order valence-corrected chi connectivity index (χ1v) is 6.65. The molecule has 0 unspecified atom stereocenters. The number of nitrogens with zero attached hydrogens (tertiary/aromatic N) is 1. The highest BCUT2D eigenvalue weighted by atomic mass is 32.1.